The van der Waals surface area contributed by atoms with Crippen molar-refractivity contribution in [2.75, 3.05) is 26.4 Å². The van der Waals surface area contributed by atoms with E-state index in [1.165, 1.54) is 109 Å². The molecule has 0 aromatic rings. The predicted molar refractivity (Wildman–Crippen MR) is 279 cm³/mol. The molecule has 3 N–H and O–H groups in total. The van der Waals surface area contributed by atoms with Gasteiger partial charge in [0, 0.05) is 19.4 Å². The Hall–Kier alpha value is -2.81. The number of nitrogens with two attached hydrogens (primary N) is 1. The molecule has 380 valence electrons. The average Bonchev–Trinajstić information content (AvgIpc) is 3.31. The number of hydrogen-bond acceptors (Lipinski definition) is 8. The Labute approximate surface area is 404 Å². The van der Waals surface area contributed by atoms with E-state index in [1.54, 1.807) is 0 Å². The third kappa shape index (κ3) is 50.6. The molecule has 0 heterocycles. The number of phosphoric ester groups is 1. The van der Waals surface area contributed by atoms with Gasteiger partial charge in [0.2, 0.25) is 0 Å². The van der Waals surface area contributed by atoms with Gasteiger partial charge in [-0.25, -0.2) is 4.57 Å². The van der Waals surface area contributed by atoms with Crippen LogP contribution in [0.1, 0.15) is 226 Å². The number of unbranched alkanes of at least 4 members (excludes halogenated alkanes) is 22. The molecule has 0 aliphatic rings. The van der Waals surface area contributed by atoms with Crippen LogP contribution in [0.25, 0.3) is 0 Å². The standard InChI is InChI=1S/C56H98NO8P/c1-3-5-7-9-11-13-15-17-19-21-23-25-26-27-28-29-31-33-35-37-39-41-43-45-47-49-56(59)65-54(53-64-66(60,61)63-51-50-57)52-62-55(58)48-46-44-42-40-38-36-34-32-30-24-22-20-18-16-14-12-10-8-6-4-2/h5,7,11,13,17,19,23,25,27-28,31,33,37,39,54H,3-4,6,8-10,12,14-16,18,20-22,24,26,29-30,32,34-36,38,40-53,57H2,1-2H3,(H,60,61)/b7-5-,13-11-,19-17-,25-23-,28-27-,33-31-,39-37-. The van der Waals surface area contributed by atoms with Crippen LogP contribution in [0.5, 0.6) is 0 Å². The van der Waals surface area contributed by atoms with E-state index in [0.29, 0.717) is 6.42 Å². The van der Waals surface area contributed by atoms with Gasteiger partial charge in [0.15, 0.2) is 6.10 Å². The summed E-state index contributed by atoms with van der Waals surface area (Å²) in [5, 5.41) is 0. The zero-order chi connectivity index (χ0) is 48.1. The molecule has 0 radical (unpaired) electrons. The van der Waals surface area contributed by atoms with Crippen molar-refractivity contribution in [3.8, 4) is 0 Å². The first-order valence-electron chi connectivity index (χ1n) is 26.6. The SMILES string of the molecule is CC/C=C\C/C=C\C/C=C\C/C=C\C/C=C\C/C=C\C/C=C\CCCCCC(=O)OC(COC(=O)CCCCCCCCCCCCCCCCCCCCCC)COP(=O)(O)OCCN. The van der Waals surface area contributed by atoms with Crippen LogP contribution in [0.15, 0.2) is 85.1 Å². The van der Waals surface area contributed by atoms with E-state index >= 15 is 0 Å². The van der Waals surface area contributed by atoms with Crippen LogP contribution in [0, 0.1) is 0 Å². The minimum Gasteiger partial charge on any atom is -0.462 e. The number of rotatable bonds is 49. The fourth-order valence-corrected chi connectivity index (χ4v) is 7.91. The molecule has 66 heavy (non-hydrogen) atoms. The van der Waals surface area contributed by atoms with E-state index in [9.17, 15) is 19.0 Å². The average molecular weight is 944 g/mol. The number of carbonyl (C=O) groups excluding carboxylic acids is 2. The van der Waals surface area contributed by atoms with Gasteiger partial charge in [0.25, 0.3) is 0 Å². The number of phosphoric acid groups is 1. The van der Waals surface area contributed by atoms with Crippen molar-refractivity contribution in [2.45, 2.75) is 232 Å². The van der Waals surface area contributed by atoms with Crippen molar-refractivity contribution in [2.24, 2.45) is 5.73 Å². The van der Waals surface area contributed by atoms with Gasteiger partial charge in [-0.1, -0.05) is 227 Å². The molecule has 0 aliphatic carbocycles. The highest BCUT2D eigenvalue weighted by molar-refractivity contribution is 7.47. The van der Waals surface area contributed by atoms with Gasteiger partial charge in [-0.15, -0.1) is 0 Å². The second-order valence-electron chi connectivity index (χ2n) is 17.4. The second-order valence-corrected chi connectivity index (χ2v) is 18.8. The van der Waals surface area contributed by atoms with Crippen LogP contribution in [0.4, 0.5) is 0 Å². The summed E-state index contributed by atoms with van der Waals surface area (Å²) in [6, 6.07) is 0. The van der Waals surface area contributed by atoms with Crippen molar-refractivity contribution >= 4 is 19.8 Å². The molecule has 10 heteroatoms. The molecule has 0 aromatic carbocycles. The third-order valence-electron chi connectivity index (χ3n) is 11.0. The van der Waals surface area contributed by atoms with E-state index < -0.39 is 26.5 Å². The minimum atomic E-state index is -4.40. The van der Waals surface area contributed by atoms with Gasteiger partial charge >= 0.3 is 19.8 Å². The molecule has 2 atom stereocenters. The maximum atomic E-state index is 12.7. The van der Waals surface area contributed by atoms with E-state index in [-0.39, 0.29) is 38.6 Å². The molecule has 0 rings (SSSR count). The topological polar surface area (TPSA) is 134 Å². The Morgan fingerprint density at radius 3 is 1.24 bits per heavy atom. The van der Waals surface area contributed by atoms with E-state index in [4.69, 9.17) is 24.3 Å². The van der Waals surface area contributed by atoms with Crippen molar-refractivity contribution < 1.29 is 37.6 Å². The molecular weight excluding hydrogens is 846 g/mol. The molecule has 0 aliphatic heterocycles. The Kier molecular flexibility index (Phi) is 49.4. The zero-order valence-electron chi connectivity index (χ0n) is 42.2. The monoisotopic (exact) mass is 944 g/mol. The third-order valence-corrected chi connectivity index (χ3v) is 12.0. The van der Waals surface area contributed by atoms with Crippen molar-refractivity contribution in [3.63, 3.8) is 0 Å². The van der Waals surface area contributed by atoms with E-state index in [2.05, 4.69) is 98.9 Å². The molecule has 0 bridgehead atoms. The number of carbonyl (C=O) groups is 2. The van der Waals surface area contributed by atoms with Crippen LogP contribution in [0.2, 0.25) is 0 Å². The molecular formula is C56H98NO8P. The lowest BCUT2D eigenvalue weighted by Gasteiger charge is -2.19. The summed E-state index contributed by atoms with van der Waals surface area (Å²) in [6.45, 7) is 3.60. The van der Waals surface area contributed by atoms with Gasteiger partial charge < -0.3 is 20.1 Å². The Morgan fingerprint density at radius 2 is 0.833 bits per heavy atom. The maximum Gasteiger partial charge on any atom is 0.472 e. The highest BCUT2D eigenvalue weighted by Crippen LogP contribution is 2.43. The summed E-state index contributed by atoms with van der Waals surface area (Å²) in [7, 11) is -4.40. The summed E-state index contributed by atoms with van der Waals surface area (Å²) < 4.78 is 32.9. The van der Waals surface area contributed by atoms with Gasteiger partial charge in [-0.2, -0.15) is 0 Å². The Balaban J connectivity index is 4.12. The highest BCUT2D eigenvalue weighted by Gasteiger charge is 2.26. The lowest BCUT2D eigenvalue weighted by atomic mass is 10.0. The normalized spacial score (nSPS) is 13.8. The quantitative estimate of drug-likeness (QED) is 0.0265. The van der Waals surface area contributed by atoms with E-state index in [0.717, 1.165) is 83.5 Å². The lowest BCUT2D eigenvalue weighted by Crippen LogP contribution is -2.29. The number of allylic oxidation sites excluding steroid dienone is 14. The number of hydrogen-bond donors (Lipinski definition) is 2. The predicted octanol–water partition coefficient (Wildman–Crippen LogP) is 16.3. The fraction of sp³-hybridized carbons (Fsp3) is 0.714. The van der Waals surface area contributed by atoms with Crippen LogP contribution in [0.3, 0.4) is 0 Å². The first-order valence-corrected chi connectivity index (χ1v) is 28.1. The summed E-state index contributed by atoms with van der Waals surface area (Å²) in [5.41, 5.74) is 5.37. The molecule has 0 saturated carbocycles. The van der Waals surface area contributed by atoms with Crippen molar-refractivity contribution in [1.82, 2.24) is 0 Å². The van der Waals surface area contributed by atoms with Gasteiger partial charge in [-0.3, -0.25) is 18.6 Å². The Bertz CT molecular complexity index is 1350. The summed E-state index contributed by atoms with van der Waals surface area (Å²) in [6.07, 6.45) is 66.2. The van der Waals surface area contributed by atoms with Crippen molar-refractivity contribution in [1.29, 1.82) is 0 Å². The molecule has 0 amide bonds. The van der Waals surface area contributed by atoms with E-state index in [1.807, 2.05) is 0 Å². The summed E-state index contributed by atoms with van der Waals surface area (Å²) >= 11 is 0. The zero-order valence-corrected chi connectivity index (χ0v) is 43.0. The fourth-order valence-electron chi connectivity index (χ4n) is 7.15. The highest BCUT2D eigenvalue weighted by atomic mass is 31.2. The molecule has 0 spiro atoms. The Morgan fingerprint density at radius 1 is 0.470 bits per heavy atom. The van der Waals surface area contributed by atoms with Crippen LogP contribution in [-0.2, 0) is 32.7 Å². The van der Waals surface area contributed by atoms with Gasteiger partial charge in [0.05, 0.1) is 13.2 Å². The minimum absolute atomic E-state index is 0.0444. The smallest absolute Gasteiger partial charge is 0.462 e. The maximum absolute atomic E-state index is 12.7. The summed E-state index contributed by atoms with van der Waals surface area (Å²) in [4.78, 5) is 35.1. The first-order chi connectivity index (χ1) is 32.3. The molecule has 0 saturated heterocycles. The van der Waals surface area contributed by atoms with Gasteiger partial charge in [0.1, 0.15) is 6.61 Å². The molecule has 0 fully saturated rings. The van der Waals surface area contributed by atoms with Crippen LogP contribution in [-0.4, -0.2) is 49.3 Å². The lowest BCUT2D eigenvalue weighted by molar-refractivity contribution is -0.161. The van der Waals surface area contributed by atoms with Crippen LogP contribution >= 0.6 is 7.82 Å². The number of esters is 2. The molecule has 9 nitrogen and oxygen atoms in total. The van der Waals surface area contributed by atoms with Gasteiger partial charge in [-0.05, 0) is 70.6 Å². The molecule has 0 aromatic heterocycles. The largest absolute Gasteiger partial charge is 0.472 e. The first kappa shape index (κ1) is 63.2. The second kappa shape index (κ2) is 51.6. The summed E-state index contributed by atoms with van der Waals surface area (Å²) in [5.74, 6) is -0.864. The molecule has 2 unspecified atom stereocenters. The number of ether oxygens (including phenoxy) is 2. The van der Waals surface area contributed by atoms with Crippen LogP contribution < -0.4 is 5.73 Å². The van der Waals surface area contributed by atoms with Crippen molar-refractivity contribution in [3.05, 3.63) is 85.1 Å².